The fraction of sp³-hybridized carbons (Fsp3) is 0.409. The van der Waals surface area contributed by atoms with E-state index in [0.29, 0.717) is 24.3 Å². The molecule has 0 aromatic carbocycles. The molecule has 1 fully saturated rings. The number of nitrogens with zero attached hydrogens (tertiary/aromatic N) is 9. The van der Waals surface area contributed by atoms with Gasteiger partial charge in [-0.2, -0.15) is 13.2 Å². The van der Waals surface area contributed by atoms with E-state index >= 15 is 0 Å². The highest BCUT2D eigenvalue weighted by atomic mass is 19.4. The fourth-order valence-electron chi connectivity index (χ4n) is 4.45. The molecule has 0 saturated carbocycles. The highest BCUT2D eigenvalue weighted by molar-refractivity contribution is 5.93. The number of hydrogen-bond donors (Lipinski definition) is 1. The molecule has 0 radical (unpaired) electrons. The van der Waals surface area contributed by atoms with Crippen LogP contribution in [0, 0.1) is 0 Å². The van der Waals surface area contributed by atoms with E-state index in [4.69, 9.17) is 0 Å². The Labute approximate surface area is 209 Å². The van der Waals surface area contributed by atoms with Gasteiger partial charge in [-0.3, -0.25) is 9.69 Å². The molecular formula is C22H23F3N10O2. The number of anilines is 3. The molecular weight excluding hydrogens is 493 g/mol. The lowest BCUT2D eigenvalue weighted by Crippen LogP contribution is -2.43. The summed E-state index contributed by atoms with van der Waals surface area (Å²) in [5, 5.41) is 2.70. The number of carbonyl (C=O) groups is 2. The zero-order valence-corrected chi connectivity index (χ0v) is 20.0. The molecule has 3 aromatic rings. The van der Waals surface area contributed by atoms with E-state index in [1.807, 2.05) is 0 Å². The zero-order chi connectivity index (χ0) is 26.3. The second kappa shape index (κ2) is 9.29. The van der Waals surface area contributed by atoms with Gasteiger partial charge in [-0.15, -0.1) is 0 Å². The summed E-state index contributed by atoms with van der Waals surface area (Å²) in [6.07, 6.45) is 1.73. The highest BCUT2D eigenvalue weighted by Crippen LogP contribution is 2.34. The van der Waals surface area contributed by atoms with Crippen LogP contribution in [-0.4, -0.2) is 79.2 Å². The average Bonchev–Trinajstić information content (AvgIpc) is 3.51. The molecule has 2 aliphatic rings. The number of carbonyl (C=O) groups excluding carboxylic acids is 2. The minimum Gasteiger partial charge on any atom is -0.329 e. The molecule has 1 N–H and O–H groups in total. The monoisotopic (exact) mass is 516 g/mol. The maximum Gasteiger partial charge on any atom is 0.408 e. The van der Waals surface area contributed by atoms with Crippen LogP contribution in [0.15, 0.2) is 31.0 Å². The molecule has 0 bridgehead atoms. The number of amides is 3. The van der Waals surface area contributed by atoms with Crippen molar-refractivity contribution in [3.8, 4) is 11.4 Å². The molecule has 1 atom stereocenters. The van der Waals surface area contributed by atoms with Crippen LogP contribution in [0.4, 0.5) is 35.5 Å². The van der Waals surface area contributed by atoms with Gasteiger partial charge in [0.05, 0.1) is 24.1 Å². The molecule has 1 unspecified atom stereocenters. The second-order valence-corrected chi connectivity index (χ2v) is 8.82. The summed E-state index contributed by atoms with van der Waals surface area (Å²) >= 11 is 0. The van der Waals surface area contributed by atoms with Gasteiger partial charge in [0.25, 0.3) is 0 Å². The Kier molecular flexibility index (Phi) is 6.13. The Morgan fingerprint density at radius 1 is 1.16 bits per heavy atom. The predicted molar refractivity (Wildman–Crippen MR) is 126 cm³/mol. The number of rotatable bonds is 5. The summed E-state index contributed by atoms with van der Waals surface area (Å²) in [5.41, 5.74) is 1.12. The van der Waals surface area contributed by atoms with E-state index in [1.165, 1.54) is 40.8 Å². The molecule has 0 aliphatic carbocycles. The molecule has 15 heteroatoms. The fourth-order valence-corrected chi connectivity index (χ4v) is 4.45. The van der Waals surface area contributed by atoms with Crippen molar-refractivity contribution in [2.75, 3.05) is 35.8 Å². The topological polar surface area (TPSA) is 125 Å². The van der Waals surface area contributed by atoms with Gasteiger partial charge in [-0.1, -0.05) is 0 Å². The van der Waals surface area contributed by atoms with Crippen LogP contribution >= 0.6 is 0 Å². The molecule has 3 amide bonds. The van der Waals surface area contributed by atoms with Crippen LogP contribution in [-0.2, 0) is 17.9 Å². The van der Waals surface area contributed by atoms with E-state index < -0.39 is 12.2 Å². The van der Waals surface area contributed by atoms with Crippen LogP contribution < -0.4 is 15.1 Å². The quantitative estimate of drug-likeness (QED) is 0.548. The minimum atomic E-state index is -4.35. The third-order valence-corrected chi connectivity index (χ3v) is 6.26. The number of nitrogens with one attached hydrogen (secondary N) is 1. The molecule has 1 saturated heterocycles. The van der Waals surface area contributed by atoms with Crippen molar-refractivity contribution >= 4 is 29.5 Å². The van der Waals surface area contributed by atoms with Gasteiger partial charge in [0.15, 0.2) is 11.6 Å². The van der Waals surface area contributed by atoms with Crippen LogP contribution in [0.3, 0.4) is 0 Å². The Balaban J connectivity index is 1.27. The summed E-state index contributed by atoms with van der Waals surface area (Å²) in [6, 6.07) is -0.276. The van der Waals surface area contributed by atoms with Crippen molar-refractivity contribution in [2.45, 2.75) is 38.1 Å². The van der Waals surface area contributed by atoms with Gasteiger partial charge in [-0.05, 0) is 18.9 Å². The number of hydrogen-bond acceptors (Lipinski definition) is 8. The van der Waals surface area contributed by atoms with Gasteiger partial charge < -0.3 is 19.7 Å². The third-order valence-electron chi connectivity index (χ3n) is 6.26. The Morgan fingerprint density at radius 2 is 1.92 bits per heavy atom. The maximum absolute atomic E-state index is 13.3. The lowest BCUT2D eigenvalue weighted by Gasteiger charge is -2.30. The molecule has 12 nitrogen and oxygen atoms in total. The van der Waals surface area contributed by atoms with Crippen molar-refractivity contribution in [3.63, 3.8) is 0 Å². The first-order chi connectivity index (χ1) is 17.6. The van der Waals surface area contributed by atoms with Crippen molar-refractivity contribution in [1.29, 1.82) is 0 Å². The SMILES string of the molecule is CN1Cc2c(ncn2CC(=O)Nc2ccnc(-c3cnc(N4CCCC4C(F)(F)F)nc3)n2)N(C)C1=O. The van der Waals surface area contributed by atoms with E-state index in [-0.39, 0.29) is 49.0 Å². The normalized spacial score (nSPS) is 17.8. The van der Waals surface area contributed by atoms with Crippen molar-refractivity contribution < 1.29 is 22.8 Å². The second-order valence-electron chi connectivity index (χ2n) is 8.82. The molecule has 0 spiro atoms. The molecule has 37 heavy (non-hydrogen) atoms. The smallest absolute Gasteiger partial charge is 0.329 e. The molecule has 5 heterocycles. The van der Waals surface area contributed by atoms with E-state index in [0.717, 1.165) is 10.6 Å². The Bertz CT molecular complexity index is 1330. The Hall–Kier alpha value is -4.30. The lowest BCUT2D eigenvalue weighted by molar-refractivity contribution is -0.146. The predicted octanol–water partition coefficient (Wildman–Crippen LogP) is 2.30. The summed E-state index contributed by atoms with van der Waals surface area (Å²) in [4.78, 5) is 49.8. The van der Waals surface area contributed by atoms with Gasteiger partial charge in [-0.25, -0.2) is 29.7 Å². The molecule has 2 aliphatic heterocycles. The van der Waals surface area contributed by atoms with Gasteiger partial charge in [0.2, 0.25) is 11.9 Å². The molecule has 194 valence electrons. The average molecular weight is 516 g/mol. The molecule has 5 rings (SSSR count). The van der Waals surface area contributed by atoms with Crippen LogP contribution in [0.25, 0.3) is 11.4 Å². The first-order valence-corrected chi connectivity index (χ1v) is 11.4. The van der Waals surface area contributed by atoms with Crippen LogP contribution in [0.5, 0.6) is 0 Å². The number of halogens is 3. The number of imidazole rings is 1. The summed E-state index contributed by atoms with van der Waals surface area (Å²) < 4.78 is 41.5. The van der Waals surface area contributed by atoms with E-state index in [2.05, 4.69) is 30.2 Å². The number of fused-ring (bicyclic) bond motifs is 1. The van der Waals surface area contributed by atoms with Crippen LogP contribution in [0.2, 0.25) is 0 Å². The lowest BCUT2D eigenvalue weighted by atomic mass is 10.2. The maximum atomic E-state index is 13.3. The van der Waals surface area contributed by atoms with Gasteiger partial charge in [0.1, 0.15) is 18.4 Å². The first-order valence-electron chi connectivity index (χ1n) is 11.4. The van der Waals surface area contributed by atoms with Crippen molar-refractivity contribution in [3.05, 3.63) is 36.7 Å². The number of urea groups is 1. The van der Waals surface area contributed by atoms with E-state index in [9.17, 15) is 22.8 Å². The van der Waals surface area contributed by atoms with Crippen molar-refractivity contribution in [2.24, 2.45) is 0 Å². The van der Waals surface area contributed by atoms with Gasteiger partial charge in [0, 0.05) is 39.2 Å². The number of alkyl halides is 3. The highest BCUT2D eigenvalue weighted by Gasteiger charge is 2.46. The first kappa shape index (κ1) is 24.4. The van der Waals surface area contributed by atoms with Crippen LogP contribution in [0.1, 0.15) is 18.5 Å². The molecule has 3 aromatic heterocycles. The van der Waals surface area contributed by atoms with Gasteiger partial charge >= 0.3 is 12.2 Å². The summed E-state index contributed by atoms with van der Waals surface area (Å²) in [6.45, 7) is 0.497. The summed E-state index contributed by atoms with van der Waals surface area (Å²) in [7, 11) is 3.28. The summed E-state index contributed by atoms with van der Waals surface area (Å²) in [5.74, 6) is 0.564. The van der Waals surface area contributed by atoms with Crippen molar-refractivity contribution in [1.82, 2.24) is 34.4 Å². The van der Waals surface area contributed by atoms with E-state index in [1.54, 1.807) is 18.7 Å². The number of aromatic nitrogens is 6. The minimum absolute atomic E-state index is 0.00492. The third kappa shape index (κ3) is 4.75. The largest absolute Gasteiger partial charge is 0.408 e. The Morgan fingerprint density at radius 3 is 2.65 bits per heavy atom. The standard InChI is InChI=1S/C22H23F3N10O2/c1-32-10-14-19(33(2)21(32)37)29-12-34(14)11-17(36)30-16-5-6-26-18(31-16)13-8-27-20(28-9-13)35-7-3-4-15(35)22(23,24)25/h5-6,8-9,12,15H,3-4,7,10-11H2,1-2H3,(H,26,30,31,36). The zero-order valence-electron chi connectivity index (χ0n) is 20.0.